The molecule has 9 heteroatoms. The first kappa shape index (κ1) is 20.5. The molecule has 0 fully saturated rings. The molecule has 0 aliphatic carbocycles. The number of nitrogens with one attached hydrogen (secondary N) is 2. The van der Waals surface area contributed by atoms with E-state index in [0.717, 1.165) is 0 Å². The zero-order chi connectivity index (χ0) is 22.5. The molecule has 0 unspecified atom stereocenters. The first-order valence-corrected chi connectivity index (χ1v) is 9.49. The molecule has 0 saturated carbocycles. The van der Waals surface area contributed by atoms with Crippen molar-refractivity contribution in [2.75, 3.05) is 5.32 Å². The molecular formula is C23H16N4O5. The summed E-state index contributed by atoms with van der Waals surface area (Å²) in [6, 6.07) is 22.6. The van der Waals surface area contributed by atoms with Gasteiger partial charge in [-0.15, -0.1) is 5.10 Å². The molecule has 0 atom stereocenters. The van der Waals surface area contributed by atoms with Crippen molar-refractivity contribution in [3.63, 3.8) is 0 Å². The Morgan fingerprint density at radius 3 is 2.28 bits per heavy atom. The summed E-state index contributed by atoms with van der Waals surface area (Å²) in [5.41, 5.74) is 3.46. The number of rotatable bonds is 5. The number of anilines is 1. The fourth-order valence-electron chi connectivity index (χ4n) is 2.94. The number of fused-ring (bicyclic) bond motifs is 1. The molecular weight excluding hydrogens is 412 g/mol. The van der Waals surface area contributed by atoms with Crippen LogP contribution in [-0.2, 0) is 0 Å². The zero-order valence-corrected chi connectivity index (χ0v) is 16.5. The van der Waals surface area contributed by atoms with Crippen LogP contribution in [0.25, 0.3) is 11.0 Å². The minimum absolute atomic E-state index is 0.0904. The van der Waals surface area contributed by atoms with Crippen molar-refractivity contribution in [3.05, 3.63) is 112 Å². The number of nitro benzene ring substituents is 1. The van der Waals surface area contributed by atoms with Crippen LogP contribution in [0.15, 0.2) is 94.4 Å². The molecule has 158 valence electrons. The van der Waals surface area contributed by atoms with Gasteiger partial charge in [0, 0.05) is 28.8 Å². The van der Waals surface area contributed by atoms with Crippen molar-refractivity contribution in [3.8, 4) is 0 Å². The Hall–Kier alpha value is -4.79. The van der Waals surface area contributed by atoms with Crippen molar-refractivity contribution < 1.29 is 18.9 Å². The van der Waals surface area contributed by atoms with Gasteiger partial charge in [0.05, 0.1) is 4.92 Å². The second kappa shape index (κ2) is 8.92. The van der Waals surface area contributed by atoms with E-state index in [1.54, 1.807) is 48.5 Å². The van der Waals surface area contributed by atoms with Crippen molar-refractivity contribution >= 4 is 34.2 Å². The highest BCUT2D eigenvalue weighted by molar-refractivity contribution is 6.05. The summed E-state index contributed by atoms with van der Waals surface area (Å²) in [5, 5.41) is 18.2. The summed E-state index contributed by atoms with van der Waals surface area (Å²) in [7, 11) is 0. The highest BCUT2D eigenvalue weighted by Gasteiger charge is 2.14. The van der Waals surface area contributed by atoms with E-state index in [4.69, 9.17) is 4.42 Å². The van der Waals surface area contributed by atoms with Crippen molar-refractivity contribution in [1.29, 1.82) is 0 Å². The molecule has 0 aliphatic rings. The van der Waals surface area contributed by atoms with Crippen LogP contribution < -0.4 is 16.3 Å². The molecule has 2 N–H and O–H groups in total. The lowest BCUT2D eigenvalue weighted by Gasteiger charge is -2.07. The number of hydrogen-bond acceptors (Lipinski definition) is 6. The Morgan fingerprint density at radius 1 is 0.875 bits per heavy atom. The van der Waals surface area contributed by atoms with Gasteiger partial charge in [-0.05, 0) is 36.4 Å². The number of carbonyl (C=O) groups excluding carboxylic acids is 2. The number of nitrogens with zero attached hydrogens (tertiary/aromatic N) is 2. The fourth-order valence-corrected chi connectivity index (χ4v) is 2.94. The summed E-state index contributed by atoms with van der Waals surface area (Å²) < 4.78 is 5.76. The first-order chi connectivity index (χ1) is 15.5. The maximum atomic E-state index is 12.9. The Morgan fingerprint density at radius 2 is 1.56 bits per heavy atom. The van der Waals surface area contributed by atoms with Gasteiger partial charge in [-0.3, -0.25) is 19.7 Å². The minimum atomic E-state index is -0.613. The quantitative estimate of drug-likeness (QED) is 0.369. The number of carbonyl (C=O) groups is 2. The minimum Gasteiger partial charge on any atom is -0.436 e. The lowest BCUT2D eigenvalue weighted by molar-refractivity contribution is -0.384. The third-order valence-electron chi connectivity index (χ3n) is 4.53. The smallest absolute Gasteiger partial charge is 0.271 e. The lowest BCUT2D eigenvalue weighted by atomic mass is 10.1. The van der Waals surface area contributed by atoms with Gasteiger partial charge in [-0.1, -0.05) is 36.4 Å². The van der Waals surface area contributed by atoms with Crippen molar-refractivity contribution in [2.45, 2.75) is 0 Å². The van der Waals surface area contributed by atoms with Gasteiger partial charge < -0.3 is 9.73 Å². The summed E-state index contributed by atoms with van der Waals surface area (Å²) in [4.78, 5) is 35.5. The summed E-state index contributed by atoms with van der Waals surface area (Å²) in [6.45, 7) is 0. The monoisotopic (exact) mass is 428 g/mol. The Balaban J connectivity index is 1.67. The molecule has 32 heavy (non-hydrogen) atoms. The Kier molecular flexibility index (Phi) is 5.71. The van der Waals surface area contributed by atoms with Crippen molar-refractivity contribution in [1.82, 2.24) is 5.43 Å². The maximum absolute atomic E-state index is 12.9. The van der Waals surface area contributed by atoms with Crippen LogP contribution in [0.1, 0.15) is 20.7 Å². The molecule has 1 aromatic heterocycles. The van der Waals surface area contributed by atoms with Crippen LogP contribution in [-0.4, -0.2) is 16.7 Å². The molecule has 0 saturated heterocycles. The average molecular weight is 428 g/mol. The standard InChI is InChI=1S/C23H16N4O5/c28-21(15-10-12-18(13-11-15)27(30)31)25-26-23-19(14-16-6-4-5-9-20(16)32-23)22(29)24-17-7-2-1-3-8-17/h1-14H,(H,24,29)(H,25,28). The number of para-hydroxylation sites is 2. The normalized spacial score (nSPS) is 11.2. The van der Waals surface area contributed by atoms with E-state index in [2.05, 4.69) is 15.8 Å². The van der Waals surface area contributed by atoms with Crippen LogP contribution in [0.4, 0.5) is 11.4 Å². The van der Waals surface area contributed by atoms with E-state index >= 15 is 0 Å². The van der Waals surface area contributed by atoms with Crippen molar-refractivity contribution in [2.24, 2.45) is 5.10 Å². The second-order valence-electron chi connectivity index (χ2n) is 6.68. The number of amides is 2. The SMILES string of the molecule is O=C(NN=c1oc2ccccc2cc1C(=O)Nc1ccccc1)c1ccc([N+](=O)[O-])cc1. The van der Waals surface area contributed by atoms with Gasteiger partial charge in [0.15, 0.2) is 0 Å². The maximum Gasteiger partial charge on any atom is 0.271 e. The molecule has 9 nitrogen and oxygen atoms in total. The fraction of sp³-hybridized carbons (Fsp3) is 0. The van der Waals surface area contributed by atoms with Crippen LogP contribution in [0, 0.1) is 10.1 Å². The molecule has 0 bridgehead atoms. The summed E-state index contributed by atoms with van der Waals surface area (Å²) in [5.74, 6) is -1.08. The Bertz CT molecular complexity index is 1380. The van der Waals surface area contributed by atoms with Gasteiger partial charge >= 0.3 is 0 Å². The molecule has 0 aliphatic heterocycles. The highest BCUT2D eigenvalue weighted by Crippen LogP contribution is 2.15. The topological polar surface area (TPSA) is 127 Å². The van der Waals surface area contributed by atoms with E-state index in [1.807, 2.05) is 12.1 Å². The van der Waals surface area contributed by atoms with Crippen LogP contribution in [0.5, 0.6) is 0 Å². The molecule has 0 spiro atoms. The largest absolute Gasteiger partial charge is 0.436 e. The van der Waals surface area contributed by atoms with Gasteiger partial charge in [0.2, 0.25) is 5.55 Å². The van der Waals surface area contributed by atoms with Gasteiger partial charge in [0.25, 0.3) is 17.5 Å². The van der Waals surface area contributed by atoms with Gasteiger partial charge in [-0.2, -0.15) is 0 Å². The average Bonchev–Trinajstić information content (AvgIpc) is 2.82. The molecule has 1 heterocycles. The molecule has 2 amide bonds. The first-order valence-electron chi connectivity index (χ1n) is 9.49. The molecule has 3 aromatic carbocycles. The number of nitro groups is 1. The predicted molar refractivity (Wildman–Crippen MR) is 117 cm³/mol. The third-order valence-corrected chi connectivity index (χ3v) is 4.53. The van der Waals surface area contributed by atoms with E-state index < -0.39 is 16.7 Å². The molecule has 4 rings (SSSR count). The van der Waals surface area contributed by atoms with Crippen LogP contribution in [0.3, 0.4) is 0 Å². The zero-order valence-electron chi connectivity index (χ0n) is 16.5. The Labute approximate surface area is 181 Å². The number of benzene rings is 3. The van der Waals surface area contributed by atoms with E-state index in [-0.39, 0.29) is 22.4 Å². The predicted octanol–water partition coefficient (Wildman–Crippen LogP) is 3.84. The number of non-ortho nitro benzene ring substituents is 1. The van der Waals surface area contributed by atoms with E-state index in [0.29, 0.717) is 16.7 Å². The van der Waals surface area contributed by atoms with E-state index in [9.17, 15) is 19.7 Å². The highest BCUT2D eigenvalue weighted by atomic mass is 16.6. The van der Waals surface area contributed by atoms with Gasteiger partial charge in [-0.25, -0.2) is 5.43 Å². The molecule has 0 radical (unpaired) electrons. The third kappa shape index (κ3) is 4.51. The second-order valence-corrected chi connectivity index (χ2v) is 6.68. The number of hydrogen-bond donors (Lipinski definition) is 2. The van der Waals surface area contributed by atoms with Crippen LogP contribution >= 0.6 is 0 Å². The van der Waals surface area contributed by atoms with Gasteiger partial charge in [0.1, 0.15) is 11.1 Å². The van der Waals surface area contributed by atoms with Crippen LogP contribution in [0.2, 0.25) is 0 Å². The van der Waals surface area contributed by atoms with E-state index in [1.165, 1.54) is 24.3 Å². The lowest BCUT2D eigenvalue weighted by Crippen LogP contribution is -2.26. The molecule has 4 aromatic rings. The summed E-state index contributed by atoms with van der Waals surface area (Å²) in [6.07, 6.45) is 0. The summed E-state index contributed by atoms with van der Waals surface area (Å²) >= 11 is 0.